The maximum Gasteiger partial charge on any atom is 0.312 e. The third-order valence-electron chi connectivity index (χ3n) is 2.03. The van der Waals surface area contributed by atoms with E-state index in [0.29, 0.717) is 0 Å². The number of nitriles is 3. The van der Waals surface area contributed by atoms with E-state index in [1.165, 1.54) is 18.2 Å². The molecule has 8 heteroatoms. The van der Waals surface area contributed by atoms with Crippen LogP contribution in [0.4, 0.5) is 11.4 Å². The van der Waals surface area contributed by atoms with Crippen LogP contribution in [0.3, 0.4) is 0 Å². The molecule has 19 heavy (non-hydrogen) atoms. The van der Waals surface area contributed by atoms with Gasteiger partial charge in [-0.25, -0.2) is 0 Å². The standard InChI is InChI=1S/C11H5N5O3/c12-4-7(5-13)9(6-14)15-8-1-2-11(17)10(3-8)16(18)19/h1-3,15,17H. The van der Waals surface area contributed by atoms with Gasteiger partial charge in [0.05, 0.1) is 4.92 Å². The lowest BCUT2D eigenvalue weighted by Gasteiger charge is -2.04. The maximum atomic E-state index is 10.6. The van der Waals surface area contributed by atoms with Crippen LogP contribution in [0.5, 0.6) is 5.75 Å². The highest BCUT2D eigenvalue weighted by atomic mass is 16.6. The Morgan fingerprint density at radius 1 is 1.26 bits per heavy atom. The van der Waals surface area contributed by atoms with E-state index in [-0.39, 0.29) is 11.4 Å². The zero-order valence-corrected chi connectivity index (χ0v) is 9.28. The predicted molar refractivity (Wildman–Crippen MR) is 62.2 cm³/mol. The minimum atomic E-state index is -0.800. The number of hydrogen-bond acceptors (Lipinski definition) is 7. The van der Waals surface area contributed by atoms with Crippen molar-refractivity contribution in [3.05, 3.63) is 39.6 Å². The Kier molecular flexibility index (Phi) is 4.03. The summed E-state index contributed by atoms with van der Waals surface area (Å²) >= 11 is 0. The molecular formula is C11H5N5O3. The molecule has 0 spiro atoms. The van der Waals surface area contributed by atoms with Crippen LogP contribution in [0.15, 0.2) is 29.5 Å². The number of nitrogens with zero attached hydrogens (tertiary/aromatic N) is 4. The van der Waals surface area contributed by atoms with E-state index in [1.54, 1.807) is 6.07 Å². The van der Waals surface area contributed by atoms with E-state index in [0.717, 1.165) is 12.1 Å². The molecule has 8 nitrogen and oxygen atoms in total. The Hall–Kier alpha value is -3.57. The first-order valence-electron chi connectivity index (χ1n) is 4.72. The summed E-state index contributed by atoms with van der Waals surface area (Å²) in [5.74, 6) is -0.529. The summed E-state index contributed by atoms with van der Waals surface area (Å²) < 4.78 is 0. The van der Waals surface area contributed by atoms with E-state index < -0.39 is 21.9 Å². The number of rotatable bonds is 3. The van der Waals surface area contributed by atoms with E-state index >= 15 is 0 Å². The second-order valence-corrected chi connectivity index (χ2v) is 3.17. The Morgan fingerprint density at radius 3 is 2.37 bits per heavy atom. The largest absolute Gasteiger partial charge is 0.502 e. The van der Waals surface area contributed by atoms with Crippen molar-refractivity contribution < 1.29 is 10.0 Å². The summed E-state index contributed by atoms with van der Waals surface area (Å²) in [5.41, 5.74) is -1.23. The predicted octanol–water partition coefficient (Wildman–Crippen LogP) is 1.54. The van der Waals surface area contributed by atoms with Crippen LogP contribution >= 0.6 is 0 Å². The number of nitro groups is 1. The van der Waals surface area contributed by atoms with Gasteiger partial charge in [-0.05, 0) is 12.1 Å². The van der Waals surface area contributed by atoms with Gasteiger partial charge in [-0.2, -0.15) is 15.8 Å². The average molecular weight is 255 g/mol. The third kappa shape index (κ3) is 2.96. The molecule has 0 heterocycles. The molecule has 0 saturated carbocycles. The molecule has 1 aromatic carbocycles. The fourth-order valence-electron chi connectivity index (χ4n) is 1.17. The van der Waals surface area contributed by atoms with Crippen molar-refractivity contribution in [2.24, 2.45) is 0 Å². The van der Waals surface area contributed by atoms with Gasteiger partial charge in [0.15, 0.2) is 11.3 Å². The Balaban J connectivity index is 3.22. The van der Waals surface area contributed by atoms with E-state index in [4.69, 9.17) is 15.8 Å². The number of hydrogen-bond donors (Lipinski definition) is 2. The Bertz CT molecular complexity index is 672. The molecule has 0 radical (unpaired) electrons. The molecule has 0 aliphatic carbocycles. The minimum Gasteiger partial charge on any atom is -0.502 e. The maximum absolute atomic E-state index is 10.6. The molecule has 0 bridgehead atoms. The van der Waals surface area contributed by atoms with Gasteiger partial charge < -0.3 is 10.4 Å². The van der Waals surface area contributed by atoms with E-state index in [2.05, 4.69) is 5.32 Å². The van der Waals surface area contributed by atoms with Gasteiger partial charge in [-0.1, -0.05) is 0 Å². The molecule has 0 atom stereocenters. The smallest absolute Gasteiger partial charge is 0.312 e. The van der Waals surface area contributed by atoms with Crippen LogP contribution in [0.1, 0.15) is 0 Å². The van der Waals surface area contributed by atoms with Crippen LogP contribution in [0, 0.1) is 44.1 Å². The highest BCUT2D eigenvalue weighted by Crippen LogP contribution is 2.29. The molecule has 0 amide bonds. The normalized spacial score (nSPS) is 8.47. The number of anilines is 1. The van der Waals surface area contributed by atoms with Crippen LogP contribution in [-0.4, -0.2) is 10.0 Å². The van der Waals surface area contributed by atoms with Crippen molar-refractivity contribution in [2.75, 3.05) is 5.32 Å². The highest BCUT2D eigenvalue weighted by molar-refractivity contribution is 5.63. The molecular weight excluding hydrogens is 250 g/mol. The molecule has 92 valence electrons. The molecule has 1 rings (SSSR count). The number of benzene rings is 1. The molecule has 0 aliphatic rings. The topological polar surface area (TPSA) is 147 Å². The van der Waals surface area contributed by atoms with Crippen LogP contribution < -0.4 is 5.32 Å². The molecule has 1 aromatic rings. The van der Waals surface area contributed by atoms with Gasteiger partial charge in [0.25, 0.3) is 0 Å². The second kappa shape index (κ2) is 5.67. The second-order valence-electron chi connectivity index (χ2n) is 3.17. The lowest BCUT2D eigenvalue weighted by Crippen LogP contribution is -2.01. The van der Waals surface area contributed by atoms with Gasteiger partial charge in [0, 0.05) is 11.8 Å². The minimum absolute atomic E-state index is 0.101. The number of phenolic OH excluding ortho intramolecular Hbond substituents is 1. The molecule has 0 aromatic heterocycles. The Labute approximate surface area is 107 Å². The first-order chi connectivity index (χ1) is 9.03. The van der Waals surface area contributed by atoms with Gasteiger partial charge in [-0.3, -0.25) is 10.1 Å². The van der Waals surface area contributed by atoms with Crippen molar-refractivity contribution in [1.29, 1.82) is 15.8 Å². The van der Waals surface area contributed by atoms with Crippen molar-refractivity contribution in [3.8, 4) is 24.0 Å². The van der Waals surface area contributed by atoms with Crippen LogP contribution in [0.2, 0.25) is 0 Å². The van der Waals surface area contributed by atoms with Gasteiger partial charge >= 0.3 is 5.69 Å². The first-order valence-corrected chi connectivity index (χ1v) is 4.72. The van der Waals surface area contributed by atoms with Crippen molar-refractivity contribution >= 4 is 11.4 Å². The number of allylic oxidation sites excluding steroid dienone is 2. The lowest BCUT2D eigenvalue weighted by molar-refractivity contribution is -0.385. The Morgan fingerprint density at radius 2 is 1.89 bits per heavy atom. The van der Waals surface area contributed by atoms with Crippen molar-refractivity contribution in [3.63, 3.8) is 0 Å². The molecule has 0 unspecified atom stereocenters. The average Bonchev–Trinajstić information content (AvgIpc) is 2.40. The summed E-state index contributed by atoms with van der Waals surface area (Å²) in [6.45, 7) is 0. The fraction of sp³-hybridized carbons (Fsp3) is 0. The zero-order valence-electron chi connectivity index (χ0n) is 9.28. The van der Waals surface area contributed by atoms with Gasteiger partial charge in [0.1, 0.15) is 23.9 Å². The van der Waals surface area contributed by atoms with Crippen LogP contribution in [-0.2, 0) is 0 Å². The number of phenols is 1. The molecule has 0 aliphatic heterocycles. The lowest BCUT2D eigenvalue weighted by atomic mass is 10.2. The summed E-state index contributed by atoms with van der Waals surface area (Å²) in [4.78, 5) is 9.81. The van der Waals surface area contributed by atoms with E-state index in [1.807, 2.05) is 0 Å². The number of aromatic hydroxyl groups is 1. The quantitative estimate of drug-likeness (QED) is 0.360. The van der Waals surface area contributed by atoms with Crippen LogP contribution in [0.25, 0.3) is 0 Å². The van der Waals surface area contributed by atoms with Gasteiger partial charge in [-0.15, -0.1) is 0 Å². The zero-order chi connectivity index (χ0) is 14.4. The SMILES string of the molecule is N#CC(C#N)=C(C#N)Nc1ccc(O)c([N+](=O)[O-])c1. The van der Waals surface area contributed by atoms with Crippen molar-refractivity contribution in [2.45, 2.75) is 0 Å². The van der Waals surface area contributed by atoms with E-state index in [9.17, 15) is 15.2 Å². The monoisotopic (exact) mass is 255 g/mol. The summed E-state index contributed by atoms with van der Waals surface area (Å²) in [7, 11) is 0. The number of nitro benzene ring substituents is 1. The molecule has 0 saturated heterocycles. The van der Waals surface area contributed by atoms with Crippen molar-refractivity contribution in [1.82, 2.24) is 0 Å². The summed E-state index contributed by atoms with van der Waals surface area (Å²) in [6.07, 6.45) is 0. The summed E-state index contributed by atoms with van der Waals surface area (Å²) in [5, 5.41) is 48.3. The highest BCUT2D eigenvalue weighted by Gasteiger charge is 2.15. The third-order valence-corrected chi connectivity index (χ3v) is 2.03. The summed E-state index contributed by atoms with van der Waals surface area (Å²) in [6, 6.07) is 7.97. The first kappa shape index (κ1) is 13.5. The van der Waals surface area contributed by atoms with Gasteiger partial charge in [0.2, 0.25) is 0 Å². The number of nitrogens with one attached hydrogen (secondary N) is 1. The molecule has 2 N–H and O–H groups in total. The molecule has 0 fully saturated rings. The fourth-order valence-corrected chi connectivity index (χ4v) is 1.17.